The molecule has 8 nitrogen and oxygen atoms in total. The zero-order valence-electron chi connectivity index (χ0n) is 15.8. The Kier molecular flexibility index (Phi) is 3.92. The van der Waals surface area contributed by atoms with E-state index in [9.17, 15) is 9.59 Å². The standard InChI is InChI=1S/C20H22N6O2/c1-14-4-6-15(7-5-14)26-19-16(12-22-26)18-21-8-11-24(18)20(28)25(19)13-17(27)23-9-2-3-10-23/h4-7,12H,2-3,8-11,13H2,1H3. The highest BCUT2D eigenvalue weighted by atomic mass is 16.2. The maximum atomic E-state index is 13.2. The van der Waals surface area contributed by atoms with E-state index in [2.05, 4.69) is 10.1 Å². The third kappa shape index (κ3) is 2.59. The molecular weight excluding hydrogens is 356 g/mol. The second-order valence-corrected chi connectivity index (χ2v) is 7.44. The van der Waals surface area contributed by atoms with Gasteiger partial charge in [-0.05, 0) is 31.9 Å². The molecule has 1 saturated heterocycles. The van der Waals surface area contributed by atoms with E-state index in [4.69, 9.17) is 0 Å². The number of rotatable bonds is 3. The molecule has 0 radical (unpaired) electrons. The van der Waals surface area contributed by atoms with E-state index < -0.39 is 0 Å². The molecule has 1 fully saturated rings. The lowest BCUT2D eigenvalue weighted by Crippen LogP contribution is -2.53. The van der Waals surface area contributed by atoms with E-state index in [0.29, 0.717) is 24.7 Å². The lowest BCUT2D eigenvalue weighted by Gasteiger charge is -2.34. The summed E-state index contributed by atoms with van der Waals surface area (Å²) < 4.78 is 1.74. The number of amidine groups is 1. The molecule has 8 heteroatoms. The van der Waals surface area contributed by atoms with Crippen LogP contribution in [-0.4, -0.2) is 70.1 Å². The zero-order chi connectivity index (χ0) is 19.3. The molecule has 0 unspecified atom stereocenters. The third-order valence-corrected chi connectivity index (χ3v) is 5.57. The van der Waals surface area contributed by atoms with Crippen LogP contribution in [0.15, 0.2) is 35.5 Å². The van der Waals surface area contributed by atoms with Crippen molar-refractivity contribution in [3.8, 4) is 5.69 Å². The van der Waals surface area contributed by atoms with Crippen LogP contribution in [0.4, 0.5) is 10.6 Å². The van der Waals surface area contributed by atoms with Gasteiger partial charge in [-0.25, -0.2) is 9.48 Å². The van der Waals surface area contributed by atoms with Gasteiger partial charge in [0.1, 0.15) is 12.4 Å². The lowest BCUT2D eigenvalue weighted by molar-refractivity contribution is -0.128. The maximum Gasteiger partial charge on any atom is 0.331 e. The topological polar surface area (TPSA) is 74.0 Å². The Morgan fingerprint density at radius 3 is 2.61 bits per heavy atom. The van der Waals surface area contributed by atoms with Gasteiger partial charge in [0.25, 0.3) is 0 Å². The van der Waals surface area contributed by atoms with Crippen LogP contribution in [0, 0.1) is 6.92 Å². The molecule has 1 aromatic heterocycles. The molecule has 4 heterocycles. The number of likely N-dealkylation sites (tertiary alicyclic amines) is 1. The number of hydrogen-bond acceptors (Lipinski definition) is 4. The van der Waals surface area contributed by atoms with Crippen LogP contribution in [0.1, 0.15) is 24.0 Å². The first-order valence-corrected chi connectivity index (χ1v) is 9.70. The summed E-state index contributed by atoms with van der Waals surface area (Å²) >= 11 is 0. The number of benzene rings is 1. The monoisotopic (exact) mass is 378 g/mol. The highest BCUT2D eigenvalue weighted by Crippen LogP contribution is 2.33. The number of hydrogen-bond donors (Lipinski definition) is 0. The smallest absolute Gasteiger partial charge is 0.331 e. The molecule has 0 spiro atoms. The number of fused-ring (bicyclic) bond motifs is 3. The van der Waals surface area contributed by atoms with Crippen molar-refractivity contribution in [1.29, 1.82) is 0 Å². The number of carbonyl (C=O) groups excluding carboxylic acids is 2. The molecule has 0 bridgehead atoms. The van der Waals surface area contributed by atoms with E-state index in [0.717, 1.165) is 42.7 Å². The fraction of sp³-hybridized carbons (Fsp3) is 0.400. The van der Waals surface area contributed by atoms with Gasteiger partial charge in [-0.15, -0.1) is 0 Å². The molecule has 0 saturated carbocycles. The molecule has 0 atom stereocenters. The number of nitrogens with zero attached hydrogens (tertiary/aromatic N) is 6. The molecular formula is C20H22N6O2. The number of aliphatic imine (C=N–C) groups is 1. The van der Waals surface area contributed by atoms with Crippen molar-refractivity contribution in [2.24, 2.45) is 4.99 Å². The lowest BCUT2D eigenvalue weighted by atomic mass is 10.2. The molecule has 3 aliphatic heterocycles. The van der Waals surface area contributed by atoms with E-state index in [1.54, 1.807) is 20.7 Å². The third-order valence-electron chi connectivity index (χ3n) is 5.57. The van der Waals surface area contributed by atoms with Gasteiger partial charge in [0.05, 0.1) is 24.0 Å². The van der Waals surface area contributed by atoms with Crippen LogP contribution < -0.4 is 4.90 Å². The van der Waals surface area contributed by atoms with E-state index >= 15 is 0 Å². The predicted octanol–water partition coefficient (Wildman–Crippen LogP) is 1.81. The molecule has 1 aromatic carbocycles. The summed E-state index contributed by atoms with van der Waals surface area (Å²) in [4.78, 5) is 35.6. The largest absolute Gasteiger partial charge is 0.341 e. The van der Waals surface area contributed by atoms with Crippen LogP contribution in [0.2, 0.25) is 0 Å². The Bertz CT molecular complexity index is 971. The van der Waals surface area contributed by atoms with Crippen molar-refractivity contribution >= 4 is 23.6 Å². The minimum Gasteiger partial charge on any atom is -0.341 e. The summed E-state index contributed by atoms with van der Waals surface area (Å²) in [5.41, 5.74) is 2.80. The fourth-order valence-electron chi connectivity index (χ4n) is 4.08. The molecule has 3 amide bonds. The van der Waals surface area contributed by atoms with Gasteiger partial charge in [0.2, 0.25) is 5.91 Å². The van der Waals surface area contributed by atoms with Crippen LogP contribution in [-0.2, 0) is 4.79 Å². The predicted molar refractivity (Wildman–Crippen MR) is 105 cm³/mol. The average Bonchev–Trinajstić information content (AvgIpc) is 3.45. The number of anilines is 1. The molecule has 5 rings (SSSR count). The molecule has 0 N–H and O–H groups in total. The van der Waals surface area contributed by atoms with Crippen LogP contribution in [0.3, 0.4) is 0 Å². The van der Waals surface area contributed by atoms with Crippen LogP contribution in [0.5, 0.6) is 0 Å². The summed E-state index contributed by atoms with van der Waals surface area (Å²) in [5.74, 6) is 1.26. The van der Waals surface area contributed by atoms with Gasteiger partial charge in [-0.1, -0.05) is 17.7 Å². The van der Waals surface area contributed by atoms with Gasteiger partial charge in [-0.3, -0.25) is 19.6 Å². The molecule has 2 aromatic rings. The summed E-state index contributed by atoms with van der Waals surface area (Å²) in [5, 5.41) is 4.54. The number of carbonyl (C=O) groups is 2. The number of aryl methyl sites for hydroxylation is 1. The normalized spacial score (nSPS) is 18.4. The Balaban J connectivity index is 1.58. The summed E-state index contributed by atoms with van der Waals surface area (Å²) in [6.45, 7) is 4.69. The van der Waals surface area contributed by atoms with Gasteiger partial charge < -0.3 is 4.90 Å². The molecule has 28 heavy (non-hydrogen) atoms. The SMILES string of the molecule is Cc1ccc(-n2ncc3c2N(CC(=O)N2CCCC2)C(=O)N2CCN=C32)cc1. The van der Waals surface area contributed by atoms with Crippen molar-refractivity contribution in [3.05, 3.63) is 41.6 Å². The fourth-order valence-corrected chi connectivity index (χ4v) is 4.08. The summed E-state index contributed by atoms with van der Waals surface area (Å²) in [7, 11) is 0. The maximum absolute atomic E-state index is 13.2. The Morgan fingerprint density at radius 2 is 1.86 bits per heavy atom. The van der Waals surface area contributed by atoms with E-state index in [-0.39, 0.29) is 18.5 Å². The van der Waals surface area contributed by atoms with E-state index in [1.807, 2.05) is 36.1 Å². The van der Waals surface area contributed by atoms with Crippen molar-refractivity contribution < 1.29 is 9.59 Å². The summed E-state index contributed by atoms with van der Waals surface area (Å²) in [6.07, 6.45) is 3.79. The van der Waals surface area contributed by atoms with Gasteiger partial charge in [0.15, 0.2) is 5.82 Å². The highest BCUT2D eigenvalue weighted by molar-refractivity contribution is 6.20. The Hall–Kier alpha value is -3.16. The van der Waals surface area contributed by atoms with E-state index in [1.165, 1.54) is 0 Å². The summed E-state index contributed by atoms with van der Waals surface area (Å²) in [6, 6.07) is 7.75. The number of urea groups is 1. The van der Waals surface area contributed by atoms with Gasteiger partial charge >= 0.3 is 6.03 Å². The average molecular weight is 378 g/mol. The Morgan fingerprint density at radius 1 is 1.11 bits per heavy atom. The van der Waals surface area contributed by atoms with Crippen LogP contribution >= 0.6 is 0 Å². The molecule has 144 valence electrons. The molecule has 3 aliphatic rings. The van der Waals surface area contributed by atoms with Crippen molar-refractivity contribution in [2.45, 2.75) is 19.8 Å². The number of aromatic nitrogens is 2. The van der Waals surface area contributed by atoms with Gasteiger partial charge in [0, 0.05) is 19.6 Å². The van der Waals surface area contributed by atoms with Crippen LogP contribution in [0.25, 0.3) is 5.69 Å². The minimum absolute atomic E-state index is 0.0203. The highest BCUT2D eigenvalue weighted by Gasteiger charge is 2.41. The first-order valence-electron chi connectivity index (χ1n) is 9.70. The second kappa shape index (κ2) is 6.47. The number of amides is 3. The van der Waals surface area contributed by atoms with Crippen molar-refractivity contribution in [1.82, 2.24) is 19.6 Å². The van der Waals surface area contributed by atoms with Crippen molar-refractivity contribution in [3.63, 3.8) is 0 Å². The minimum atomic E-state index is -0.204. The molecule has 0 aliphatic carbocycles. The second-order valence-electron chi connectivity index (χ2n) is 7.44. The quantitative estimate of drug-likeness (QED) is 0.818. The Labute approximate surface area is 163 Å². The first kappa shape index (κ1) is 17.0. The van der Waals surface area contributed by atoms with Crippen molar-refractivity contribution in [2.75, 3.05) is 37.6 Å². The zero-order valence-corrected chi connectivity index (χ0v) is 15.8. The first-order chi connectivity index (χ1) is 13.6. The van der Waals surface area contributed by atoms with Gasteiger partial charge in [-0.2, -0.15) is 5.10 Å².